The number of hydrogen-bond acceptors (Lipinski definition) is 14. The standard InChI is InChI=1S/C34H46N4O12/c39-33(37-35-25-27-1-3-29-31(23-27)49-21-17-45-13-9-41-7-11-43-15-19-47-29)5-6-34(40)38-36-26-28-2-4-30-32(24-28)50-22-18-46-14-10-42-8-12-44-16-20-48-30/h1-4,23-26H,5-22H2,(H,37,39)(H,38,40)/b35-25+,36-26+. The van der Waals surface area contributed by atoms with Crippen molar-refractivity contribution < 1.29 is 57.0 Å². The van der Waals surface area contributed by atoms with Crippen molar-refractivity contribution in [1.82, 2.24) is 10.9 Å². The Kier molecular flexibility index (Phi) is 18.4. The molecule has 0 saturated carbocycles. The lowest BCUT2D eigenvalue weighted by Crippen LogP contribution is -2.22. The van der Waals surface area contributed by atoms with Crippen molar-refractivity contribution >= 4 is 24.2 Å². The van der Waals surface area contributed by atoms with E-state index in [1.807, 2.05) is 0 Å². The molecule has 50 heavy (non-hydrogen) atoms. The third-order valence-corrected chi connectivity index (χ3v) is 6.75. The number of benzene rings is 2. The summed E-state index contributed by atoms with van der Waals surface area (Å²) in [5.41, 5.74) is 6.20. The minimum absolute atomic E-state index is 0.0884. The highest BCUT2D eigenvalue weighted by Gasteiger charge is 2.10. The summed E-state index contributed by atoms with van der Waals surface area (Å²) in [5.74, 6) is 1.25. The number of hydrazone groups is 2. The molecule has 2 aliphatic rings. The summed E-state index contributed by atoms with van der Waals surface area (Å²) in [7, 11) is 0. The number of nitrogens with zero attached hydrogens (tertiary/aromatic N) is 2. The van der Waals surface area contributed by atoms with E-state index in [9.17, 15) is 9.59 Å². The molecule has 16 heteroatoms. The van der Waals surface area contributed by atoms with E-state index < -0.39 is 11.8 Å². The molecule has 2 N–H and O–H groups in total. The topological polar surface area (TPSA) is 175 Å². The van der Waals surface area contributed by atoms with E-state index in [4.69, 9.17) is 47.4 Å². The van der Waals surface area contributed by atoms with Crippen LogP contribution in [0.1, 0.15) is 24.0 Å². The van der Waals surface area contributed by atoms with Gasteiger partial charge < -0.3 is 47.4 Å². The smallest absolute Gasteiger partial charge is 0.240 e. The Labute approximate surface area is 291 Å². The molecule has 2 amide bonds. The molecule has 0 aliphatic carbocycles. The quantitative estimate of drug-likeness (QED) is 0.316. The zero-order valence-electron chi connectivity index (χ0n) is 28.1. The van der Waals surface area contributed by atoms with Crippen LogP contribution < -0.4 is 29.8 Å². The third-order valence-electron chi connectivity index (χ3n) is 6.75. The fourth-order valence-corrected chi connectivity index (χ4v) is 4.30. The van der Waals surface area contributed by atoms with Gasteiger partial charge in [-0.05, 0) is 47.5 Å². The normalized spacial score (nSPS) is 17.8. The summed E-state index contributed by atoms with van der Waals surface area (Å²) in [4.78, 5) is 24.6. The first-order valence-corrected chi connectivity index (χ1v) is 16.6. The van der Waals surface area contributed by atoms with Gasteiger partial charge in [0.1, 0.15) is 26.4 Å². The van der Waals surface area contributed by atoms with Crippen LogP contribution in [-0.4, -0.2) is 130 Å². The van der Waals surface area contributed by atoms with Crippen molar-refractivity contribution in [2.75, 3.05) is 106 Å². The Hall–Kier alpha value is -4.32. The van der Waals surface area contributed by atoms with Crippen LogP contribution in [0.25, 0.3) is 0 Å². The Balaban J connectivity index is 1.20. The van der Waals surface area contributed by atoms with Gasteiger partial charge in [-0.2, -0.15) is 10.2 Å². The minimum Gasteiger partial charge on any atom is -0.487 e. The molecule has 0 atom stereocenters. The highest BCUT2D eigenvalue weighted by atomic mass is 16.6. The lowest BCUT2D eigenvalue weighted by Gasteiger charge is -2.13. The molecule has 0 radical (unpaired) electrons. The van der Waals surface area contributed by atoms with Crippen LogP contribution >= 0.6 is 0 Å². The van der Waals surface area contributed by atoms with Crippen LogP contribution in [0.3, 0.4) is 0 Å². The maximum absolute atomic E-state index is 12.3. The second-order valence-corrected chi connectivity index (χ2v) is 10.6. The van der Waals surface area contributed by atoms with Crippen molar-refractivity contribution in [2.45, 2.75) is 12.8 Å². The number of amides is 2. The highest BCUT2D eigenvalue weighted by Crippen LogP contribution is 2.29. The largest absolute Gasteiger partial charge is 0.487 e. The average Bonchev–Trinajstić information content (AvgIpc) is 3.13. The highest BCUT2D eigenvalue weighted by molar-refractivity contribution is 5.87. The van der Waals surface area contributed by atoms with Gasteiger partial charge in [-0.1, -0.05) is 0 Å². The van der Waals surface area contributed by atoms with E-state index in [1.54, 1.807) is 36.4 Å². The summed E-state index contributed by atoms with van der Waals surface area (Å²) in [5, 5.41) is 8.01. The van der Waals surface area contributed by atoms with Crippen molar-refractivity contribution in [2.24, 2.45) is 10.2 Å². The van der Waals surface area contributed by atoms with Crippen LogP contribution in [0.15, 0.2) is 46.6 Å². The molecule has 2 aromatic carbocycles. The van der Waals surface area contributed by atoms with E-state index in [1.165, 1.54) is 12.4 Å². The molecular weight excluding hydrogens is 656 g/mol. The molecule has 0 fully saturated rings. The predicted octanol–water partition coefficient (Wildman–Crippen LogP) is 1.71. The number of carbonyl (C=O) groups excluding carboxylic acids is 2. The van der Waals surface area contributed by atoms with E-state index in [2.05, 4.69) is 21.1 Å². The van der Waals surface area contributed by atoms with E-state index in [-0.39, 0.29) is 12.8 Å². The molecule has 274 valence electrons. The number of fused-ring (bicyclic) bond motifs is 2. The predicted molar refractivity (Wildman–Crippen MR) is 180 cm³/mol. The van der Waals surface area contributed by atoms with Crippen LogP contribution in [0.4, 0.5) is 0 Å². The van der Waals surface area contributed by atoms with E-state index in [0.717, 1.165) is 0 Å². The lowest BCUT2D eigenvalue weighted by atomic mass is 10.2. The van der Waals surface area contributed by atoms with Crippen LogP contribution in [0, 0.1) is 0 Å². The molecule has 0 aromatic heterocycles. The third kappa shape index (κ3) is 15.9. The summed E-state index contributed by atoms with van der Waals surface area (Å²) < 4.78 is 56.2. The summed E-state index contributed by atoms with van der Waals surface area (Å²) in [6, 6.07) is 10.6. The maximum atomic E-state index is 12.3. The Morgan fingerprint density at radius 3 is 1.10 bits per heavy atom. The first kappa shape index (κ1) is 38.5. The fraction of sp³-hybridized carbons (Fsp3) is 0.529. The van der Waals surface area contributed by atoms with Gasteiger partial charge in [-0.3, -0.25) is 9.59 Å². The second-order valence-electron chi connectivity index (χ2n) is 10.6. The number of nitrogens with one attached hydrogen (secondary N) is 2. The second kappa shape index (κ2) is 23.9. The molecule has 0 unspecified atom stereocenters. The lowest BCUT2D eigenvalue weighted by molar-refractivity contribution is -0.126. The molecule has 2 heterocycles. The van der Waals surface area contributed by atoms with Gasteiger partial charge in [0.2, 0.25) is 11.8 Å². The van der Waals surface area contributed by atoms with Crippen molar-refractivity contribution in [3.63, 3.8) is 0 Å². The monoisotopic (exact) mass is 702 g/mol. The van der Waals surface area contributed by atoms with Crippen molar-refractivity contribution in [3.05, 3.63) is 47.5 Å². The number of rotatable bonds is 7. The number of ether oxygens (including phenoxy) is 10. The summed E-state index contributed by atoms with van der Waals surface area (Å²) in [6.45, 7) is 6.71. The Morgan fingerprint density at radius 1 is 0.460 bits per heavy atom. The van der Waals surface area contributed by atoms with Gasteiger partial charge in [0.25, 0.3) is 0 Å². The molecule has 0 saturated heterocycles. The summed E-state index contributed by atoms with van der Waals surface area (Å²) >= 11 is 0. The molecule has 0 bridgehead atoms. The molecule has 2 aliphatic heterocycles. The fourth-order valence-electron chi connectivity index (χ4n) is 4.30. The average molecular weight is 703 g/mol. The van der Waals surface area contributed by atoms with Crippen molar-refractivity contribution in [3.8, 4) is 23.0 Å². The summed E-state index contributed by atoms with van der Waals surface area (Å²) in [6.07, 6.45) is 2.77. The zero-order valence-corrected chi connectivity index (χ0v) is 28.1. The maximum Gasteiger partial charge on any atom is 0.240 e. The SMILES string of the molecule is O=C(CCC(=O)N/N=C/c1ccc2c(c1)OCCOCCOCCOCCO2)N/N=C/c1ccc2c(c1)OCCOCCOCCOCCO2. The van der Waals surface area contributed by atoms with Crippen LogP contribution in [0.5, 0.6) is 23.0 Å². The van der Waals surface area contributed by atoms with Gasteiger partial charge in [-0.15, -0.1) is 0 Å². The zero-order chi connectivity index (χ0) is 34.9. The Morgan fingerprint density at radius 2 is 0.760 bits per heavy atom. The molecule has 16 nitrogen and oxygen atoms in total. The number of hydrogen-bond donors (Lipinski definition) is 2. The van der Waals surface area contributed by atoms with Crippen LogP contribution in [0.2, 0.25) is 0 Å². The Bertz CT molecular complexity index is 1260. The first-order chi connectivity index (χ1) is 24.7. The van der Waals surface area contributed by atoms with Gasteiger partial charge >= 0.3 is 0 Å². The first-order valence-electron chi connectivity index (χ1n) is 16.6. The van der Waals surface area contributed by atoms with Gasteiger partial charge in [0.05, 0.1) is 91.7 Å². The minimum atomic E-state index is -0.434. The number of carbonyl (C=O) groups is 2. The van der Waals surface area contributed by atoms with E-state index >= 15 is 0 Å². The molecule has 0 spiro atoms. The van der Waals surface area contributed by atoms with Gasteiger partial charge in [-0.25, -0.2) is 10.9 Å². The molecular formula is C34H46N4O12. The molecule has 2 aromatic rings. The van der Waals surface area contributed by atoms with Crippen LogP contribution in [-0.2, 0) is 38.0 Å². The van der Waals surface area contributed by atoms with E-state index in [0.29, 0.717) is 140 Å². The van der Waals surface area contributed by atoms with Gasteiger partial charge in [0, 0.05) is 12.8 Å². The van der Waals surface area contributed by atoms with Gasteiger partial charge in [0.15, 0.2) is 23.0 Å². The van der Waals surface area contributed by atoms with Crippen molar-refractivity contribution in [1.29, 1.82) is 0 Å². The molecule has 4 rings (SSSR count).